The van der Waals surface area contributed by atoms with Crippen molar-refractivity contribution in [1.82, 2.24) is 10.2 Å². The van der Waals surface area contributed by atoms with Crippen molar-refractivity contribution < 1.29 is 14.3 Å². The molecule has 0 radical (unpaired) electrons. The van der Waals surface area contributed by atoms with Gasteiger partial charge in [0.2, 0.25) is 5.91 Å². The predicted molar refractivity (Wildman–Crippen MR) is 103 cm³/mol. The van der Waals surface area contributed by atoms with Crippen molar-refractivity contribution in [1.29, 1.82) is 0 Å². The van der Waals surface area contributed by atoms with Gasteiger partial charge in [-0.1, -0.05) is 42.5 Å². The van der Waals surface area contributed by atoms with E-state index in [9.17, 15) is 9.59 Å². The smallest absolute Gasteiger partial charge is 0.266 e. The number of hydrogen-bond acceptors (Lipinski definition) is 5. The quantitative estimate of drug-likeness (QED) is 0.611. The Labute approximate surface area is 156 Å². The summed E-state index contributed by atoms with van der Waals surface area (Å²) in [6.07, 6.45) is 4.88. The number of rotatable bonds is 6. The standard InChI is InChI=1S/C18H20N2O3S2/c1-23-14-7-2-4-12(10-14)11-15-17(22)20(18(24)25-15)9-8-19-16(21)13-5-3-6-13/h2,4,7,10-11,13H,3,5-6,8-9H2,1H3,(H,19,21)/b15-11+. The van der Waals surface area contributed by atoms with Crippen LogP contribution in [0.4, 0.5) is 0 Å². The Morgan fingerprint density at radius 3 is 2.96 bits per heavy atom. The monoisotopic (exact) mass is 376 g/mol. The SMILES string of the molecule is COc1cccc(/C=C2/SC(=S)N(CCNC(=O)C3CCC3)C2=O)c1. The van der Waals surface area contributed by atoms with Gasteiger partial charge in [0.1, 0.15) is 10.1 Å². The Morgan fingerprint density at radius 1 is 1.48 bits per heavy atom. The molecule has 0 unspecified atom stereocenters. The molecule has 1 aromatic carbocycles. The Balaban J connectivity index is 1.59. The molecule has 0 spiro atoms. The van der Waals surface area contributed by atoms with E-state index in [-0.39, 0.29) is 17.7 Å². The second-order valence-electron chi connectivity index (χ2n) is 6.03. The van der Waals surface area contributed by atoms with Crippen molar-refractivity contribution in [2.24, 2.45) is 5.92 Å². The van der Waals surface area contributed by atoms with Gasteiger partial charge in [0.25, 0.3) is 5.91 Å². The molecule has 1 saturated heterocycles. The Kier molecular flexibility index (Phi) is 5.75. The zero-order chi connectivity index (χ0) is 17.8. The fourth-order valence-electron chi connectivity index (χ4n) is 2.68. The highest BCUT2D eigenvalue weighted by molar-refractivity contribution is 8.26. The largest absolute Gasteiger partial charge is 0.497 e. The molecular weight excluding hydrogens is 356 g/mol. The number of ether oxygens (including phenoxy) is 1. The highest BCUT2D eigenvalue weighted by Crippen LogP contribution is 2.32. The number of thioether (sulfide) groups is 1. The first-order valence-corrected chi connectivity index (χ1v) is 9.48. The van der Waals surface area contributed by atoms with Gasteiger partial charge in [-0.3, -0.25) is 14.5 Å². The van der Waals surface area contributed by atoms with E-state index in [0.29, 0.717) is 22.3 Å². The molecule has 1 heterocycles. The third-order valence-corrected chi connectivity index (χ3v) is 5.75. The number of amides is 2. The van der Waals surface area contributed by atoms with Gasteiger partial charge >= 0.3 is 0 Å². The van der Waals surface area contributed by atoms with Crippen molar-refractivity contribution in [3.8, 4) is 5.75 Å². The van der Waals surface area contributed by atoms with E-state index in [1.54, 1.807) is 12.0 Å². The summed E-state index contributed by atoms with van der Waals surface area (Å²) in [6.45, 7) is 0.826. The summed E-state index contributed by atoms with van der Waals surface area (Å²) in [5, 5.41) is 2.89. The number of benzene rings is 1. The third-order valence-electron chi connectivity index (χ3n) is 4.38. The van der Waals surface area contributed by atoms with Crippen LogP contribution in [0.3, 0.4) is 0 Å². The van der Waals surface area contributed by atoms with E-state index in [1.807, 2.05) is 30.3 Å². The van der Waals surface area contributed by atoms with E-state index in [0.717, 1.165) is 30.6 Å². The molecule has 5 nitrogen and oxygen atoms in total. The molecule has 0 bridgehead atoms. The zero-order valence-electron chi connectivity index (χ0n) is 14.0. The maximum atomic E-state index is 12.6. The van der Waals surface area contributed by atoms with Gasteiger partial charge in [-0.2, -0.15) is 0 Å². The molecule has 1 N–H and O–H groups in total. The van der Waals surface area contributed by atoms with Crippen molar-refractivity contribution in [3.63, 3.8) is 0 Å². The maximum absolute atomic E-state index is 12.6. The summed E-state index contributed by atoms with van der Waals surface area (Å²) in [5.41, 5.74) is 0.887. The van der Waals surface area contributed by atoms with Gasteiger partial charge in [-0.05, 0) is 36.6 Å². The number of nitrogens with one attached hydrogen (secondary N) is 1. The van der Waals surface area contributed by atoms with Gasteiger partial charge in [0.05, 0.1) is 12.0 Å². The van der Waals surface area contributed by atoms with Crippen LogP contribution in [0.2, 0.25) is 0 Å². The second kappa shape index (κ2) is 8.01. The molecule has 2 aliphatic rings. The summed E-state index contributed by atoms with van der Waals surface area (Å²) in [7, 11) is 1.61. The third kappa shape index (κ3) is 4.22. The van der Waals surface area contributed by atoms with Crippen LogP contribution in [-0.2, 0) is 9.59 Å². The summed E-state index contributed by atoms with van der Waals surface area (Å²) in [4.78, 5) is 26.5. The van der Waals surface area contributed by atoms with E-state index in [4.69, 9.17) is 17.0 Å². The molecule has 132 valence electrons. The van der Waals surface area contributed by atoms with Gasteiger partial charge < -0.3 is 10.1 Å². The number of thiocarbonyl (C=S) groups is 1. The molecule has 1 aromatic rings. The molecular formula is C18H20N2O3S2. The van der Waals surface area contributed by atoms with Crippen molar-refractivity contribution in [2.75, 3.05) is 20.2 Å². The van der Waals surface area contributed by atoms with Crippen molar-refractivity contribution in [2.45, 2.75) is 19.3 Å². The molecule has 0 aromatic heterocycles. The number of hydrogen-bond donors (Lipinski definition) is 1. The van der Waals surface area contributed by atoms with Gasteiger partial charge in [-0.25, -0.2) is 0 Å². The average molecular weight is 377 g/mol. The molecule has 1 aliphatic carbocycles. The maximum Gasteiger partial charge on any atom is 0.266 e. The number of methoxy groups -OCH3 is 1. The summed E-state index contributed by atoms with van der Waals surface area (Å²) < 4.78 is 5.72. The molecule has 0 atom stereocenters. The van der Waals surface area contributed by atoms with Crippen LogP contribution in [-0.4, -0.2) is 41.2 Å². The van der Waals surface area contributed by atoms with Crippen LogP contribution in [0.5, 0.6) is 5.75 Å². The van der Waals surface area contributed by atoms with E-state index >= 15 is 0 Å². The normalized spacial score (nSPS) is 19.2. The minimum atomic E-state index is -0.115. The topological polar surface area (TPSA) is 58.6 Å². The first-order chi connectivity index (χ1) is 12.1. The first-order valence-electron chi connectivity index (χ1n) is 8.25. The Morgan fingerprint density at radius 2 is 2.28 bits per heavy atom. The first kappa shape index (κ1) is 17.9. The molecule has 2 fully saturated rings. The minimum Gasteiger partial charge on any atom is -0.497 e. The van der Waals surface area contributed by atoms with Crippen molar-refractivity contribution in [3.05, 3.63) is 34.7 Å². The lowest BCUT2D eigenvalue weighted by Crippen LogP contribution is -2.40. The van der Waals surface area contributed by atoms with E-state index in [1.165, 1.54) is 11.8 Å². The lowest BCUT2D eigenvalue weighted by Gasteiger charge is -2.24. The second-order valence-corrected chi connectivity index (χ2v) is 7.70. The lowest BCUT2D eigenvalue weighted by molar-refractivity contribution is -0.128. The zero-order valence-corrected chi connectivity index (χ0v) is 15.6. The number of nitrogens with zero attached hydrogens (tertiary/aromatic N) is 1. The minimum absolute atomic E-state index is 0.0867. The molecule has 3 rings (SSSR count). The average Bonchev–Trinajstić information content (AvgIpc) is 2.81. The van der Waals surface area contributed by atoms with Gasteiger partial charge in [0, 0.05) is 19.0 Å². The van der Waals surface area contributed by atoms with Crippen LogP contribution in [0.15, 0.2) is 29.2 Å². The van der Waals surface area contributed by atoms with Crippen molar-refractivity contribution >= 4 is 46.2 Å². The van der Waals surface area contributed by atoms with Gasteiger partial charge in [-0.15, -0.1) is 0 Å². The highest BCUT2D eigenvalue weighted by Gasteiger charge is 2.32. The Hall–Kier alpha value is -1.86. The fraction of sp³-hybridized carbons (Fsp3) is 0.389. The molecule has 2 amide bonds. The van der Waals surface area contributed by atoms with E-state index in [2.05, 4.69) is 5.32 Å². The molecule has 7 heteroatoms. The van der Waals surface area contributed by atoms with Crippen LogP contribution in [0.25, 0.3) is 6.08 Å². The van der Waals surface area contributed by atoms with Crippen LogP contribution in [0.1, 0.15) is 24.8 Å². The number of carbonyl (C=O) groups is 2. The van der Waals surface area contributed by atoms with Crippen LogP contribution < -0.4 is 10.1 Å². The summed E-state index contributed by atoms with van der Waals surface area (Å²) in [6, 6.07) is 7.51. The van der Waals surface area contributed by atoms with Gasteiger partial charge in [0.15, 0.2) is 0 Å². The fourth-order valence-corrected chi connectivity index (χ4v) is 3.99. The Bertz CT molecular complexity index is 729. The summed E-state index contributed by atoms with van der Waals surface area (Å²) >= 11 is 6.60. The highest BCUT2D eigenvalue weighted by atomic mass is 32.2. The lowest BCUT2D eigenvalue weighted by atomic mass is 9.85. The predicted octanol–water partition coefficient (Wildman–Crippen LogP) is 2.81. The van der Waals surface area contributed by atoms with Crippen LogP contribution >= 0.6 is 24.0 Å². The van der Waals surface area contributed by atoms with E-state index < -0.39 is 0 Å². The van der Waals surface area contributed by atoms with Crippen LogP contribution in [0, 0.1) is 5.92 Å². The molecule has 1 saturated carbocycles. The molecule has 25 heavy (non-hydrogen) atoms. The number of carbonyl (C=O) groups excluding carboxylic acids is 2. The molecule has 1 aliphatic heterocycles. The summed E-state index contributed by atoms with van der Waals surface area (Å²) in [5.74, 6) is 0.862.